The van der Waals surface area contributed by atoms with Crippen LogP contribution >= 0.6 is 0 Å². The molecule has 1 N–H and O–H groups in total. The molecule has 0 bridgehead atoms. The highest BCUT2D eigenvalue weighted by Gasteiger charge is 2.25. The van der Waals surface area contributed by atoms with Crippen LogP contribution in [-0.4, -0.2) is 36.4 Å². The zero-order chi connectivity index (χ0) is 22.8. The molecule has 0 aliphatic rings. The summed E-state index contributed by atoms with van der Waals surface area (Å²) in [5.74, 6) is 1.06. The number of methoxy groups -OCH3 is 1. The molecule has 0 saturated carbocycles. The van der Waals surface area contributed by atoms with Gasteiger partial charge in [-0.3, -0.25) is 9.59 Å². The molecule has 0 aromatic heterocycles. The molecule has 2 rings (SSSR count). The van der Waals surface area contributed by atoms with Crippen LogP contribution in [0.4, 0.5) is 0 Å². The lowest BCUT2D eigenvalue weighted by Gasteiger charge is -2.29. The van der Waals surface area contributed by atoms with Crippen molar-refractivity contribution in [3.8, 4) is 5.75 Å². The minimum Gasteiger partial charge on any atom is -0.497 e. The van der Waals surface area contributed by atoms with Crippen LogP contribution < -0.4 is 10.1 Å². The number of ether oxygens (including phenoxy) is 1. The van der Waals surface area contributed by atoms with Gasteiger partial charge in [0.2, 0.25) is 11.8 Å². The van der Waals surface area contributed by atoms with Crippen LogP contribution in [-0.2, 0) is 22.6 Å². The van der Waals surface area contributed by atoms with E-state index in [1.54, 1.807) is 18.9 Å². The summed E-state index contributed by atoms with van der Waals surface area (Å²) in [6.45, 7) is 9.10. The molecule has 0 aliphatic carbocycles. The molecule has 168 valence electrons. The van der Waals surface area contributed by atoms with E-state index in [4.69, 9.17) is 4.74 Å². The van der Waals surface area contributed by atoms with Gasteiger partial charge in [-0.1, -0.05) is 57.2 Å². The lowest BCUT2D eigenvalue weighted by Crippen LogP contribution is -2.47. The highest BCUT2D eigenvalue weighted by molar-refractivity contribution is 5.87. The molecule has 0 radical (unpaired) electrons. The molecular weight excluding hydrogens is 388 g/mol. The van der Waals surface area contributed by atoms with Gasteiger partial charge in [-0.05, 0) is 54.5 Å². The second-order valence-electron chi connectivity index (χ2n) is 8.24. The highest BCUT2D eigenvalue weighted by Crippen LogP contribution is 2.19. The zero-order valence-electron chi connectivity index (χ0n) is 19.5. The Morgan fingerprint density at radius 3 is 2.35 bits per heavy atom. The largest absolute Gasteiger partial charge is 0.497 e. The number of nitrogens with one attached hydrogen (secondary N) is 1. The van der Waals surface area contributed by atoms with Gasteiger partial charge in [0, 0.05) is 19.5 Å². The number of carbonyl (C=O) groups excluding carboxylic acids is 2. The van der Waals surface area contributed by atoms with Gasteiger partial charge >= 0.3 is 0 Å². The number of amides is 2. The van der Waals surface area contributed by atoms with E-state index in [0.29, 0.717) is 31.8 Å². The molecular formula is C26H36N2O3. The Hall–Kier alpha value is -2.82. The van der Waals surface area contributed by atoms with Gasteiger partial charge < -0.3 is 15.0 Å². The monoisotopic (exact) mass is 424 g/mol. The Bertz CT molecular complexity index is 846. The second-order valence-corrected chi connectivity index (χ2v) is 8.24. The lowest BCUT2D eigenvalue weighted by molar-refractivity contribution is -0.140. The molecule has 0 spiro atoms. The SMILES string of the molecule is CCCNC(=O)[C@@H](C)N(Cc1cccc(OC)c1)C(=O)CCc1ccc(C(C)C)cc1. The molecule has 2 amide bonds. The molecule has 0 heterocycles. The van der Waals surface area contributed by atoms with Crippen molar-refractivity contribution in [1.29, 1.82) is 0 Å². The van der Waals surface area contributed by atoms with Crippen molar-refractivity contribution < 1.29 is 14.3 Å². The fourth-order valence-electron chi connectivity index (χ4n) is 3.41. The molecule has 0 unspecified atom stereocenters. The predicted molar refractivity (Wildman–Crippen MR) is 125 cm³/mol. The highest BCUT2D eigenvalue weighted by atomic mass is 16.5. The van der Waals surface area contributed by atoms with Crippen molar-refractivity contribution in [2.24, 2.45) is 0 Å². The summed E-state index contributed by atoms with van der Waals surface area (Å²) < 4.78 is 5.31. The lowest BCUT2D eigenvalue weighted by atomic mass is 10.00. The van der Waals surface area contributed by atoms with Crippen LogP contribution in [0.1, 0.15) is 63.1 Å². The fraction of sp³-hybridized carbons (Fsp3) is 0.462. The number of rotatable bonds is 11. The molecule has 31 heavy (non-hydrogen) atoms. The Kier molecular flexibility index (Phi) is 9.57. The minimum absolute atomic E-state index is 0.0325. The van der Waals surface area contributed by atoms with Crippen LogP contribution in [0.5, 0.6) is 5.75 Å². The minimum atomic E-state index is -0.548. The summed E-state index contributed by atoms with van der Waals surface area (Å²) in [5, 5.41) is 2.91. The number of aryl methyl sites for hydroxylation is 1. The topological polar surface area (TPSA) is 58.6 Å². The van der Waals surface area contributed by atoms with Gasteiger partial charge in [0.1, 0.15) is 11.8 Å². The maximum atomic E-state index is 13.2. The Labute approximate surface area is 186 Å². The van der Waals surface area contributed by atoms with E-state index < -0.39 is 6.04 Å². The van der Waals surface area contributed by atoms with Crippen molar-refractivity contribution in [2.45, 2.75) is 65.5 Å². The van der Waals surface area contributed by atoms with E-state index in [0.717, 1.165) is 23.3 Å². The predicted octanol–water partition coefficient (Wildman–Crippen LogP) is 4.69. The van der Waals surface area contributed by atoms with Crippen molar-refractivity contribution in [3.05, 3.63) is 65.2 Å². The molecule has 2 aromatic rings. The molecule has 5 nitrogen and oxygen atoms in total. The standard InChI is InChI=1S/C26H36N2O3/c1-6-16-27-26(30)20(4)28(18-22-8-7-9-24(17-22)31-5)25(29)15-12-21-10-13-23(14-11-21)19(2)3/h7-11,13-14,17,19-20H,6,12,15-16,18H2,1-5H3,(H,27,30)/t20-/m1/s1. The molecule has 1 atom stereocenters. The molecule has 2 aromatic carbocycles. The van der Waals surface area contributed by atoms with Crippen LogP contribution in [0.3, 0.4) is 0 Å². The van der Waals surface area contributed by atoms with E-state index in [-0.39, 0.29) is 11.8 Å². The van der Waals surface area contributed by atoms with E-state index >= 15 is 0 Å². The first-order chi connectivity index (χ1) is 14.8. The Balaban J connectivity index is 2.13. The second kappa shape index (κ2) is 12.1. The van der Waals surface area contributed by atoms with E-state index in [1.807, 2.05) is 31.2 Å². The van der Waals surface area contributed by atoms with Gasteiger partial charge in [-0.25, -0.2) is 0 Å². The number of benzene rings is 2. The Morgan fingerprint density at radius 1 is 1.03 bits per heavy atom. The summed E-state index contributed by atoms with van der Waals surface area (Å²) in [6.07, 6.45) is 1.86. The van der Waals surface area contributed by atoms with Gasteiger partial charge in [0.25, 0.3) is 0 Å². The van der Waals surface area contributed by atoms with E-state index in [2.05, 4.69) is 43.4 Å². The third kappa shape index (κ3) is 7.42. The first-order valence-electron chi connectivity index (χ1n) is 11.1. The fourth-order valence-corrected chi connectivity index (χ4v) is 3.41. The van der Waals surface area contributed by atoms with Crippen molar-refractivity contribution >= 4 is 11.8 Å². The number of hydrogen-bond acceptors (Lipinski definition) is 3. The van der Waals surface area contributed by atoms with Gasteiger partial charge in [-0.2, -0.15) is 0 Å². The van der Waals surface area contributed by atoms with Crippen LogP contribution in [0.25, 0.3) is 0 Å². The van der Waals surface area contributed by atoms with Crippen molar-refractivity contribution in [1.82, 2.24) is 10.2 Å². The number of nitrogens with zero attached hydrogens (tertiary/aromatic N) is 1. The summed E-state index contributed by atoms with van der Waals surface area (Å²) in [4.78, 5) is 27.5. The zero-order valence-corrected chi connectivity index (χ0v) is 19.5. The van der Waals surface area contributed by atoms with Gasteiger partial charge in [0.05, 0.1) is 7.11 Å². The van der Waals surface area contributed by atoms with Gasteiger partial charge in [0.15, 0.2) is 0 Å². The summed E-state index contributed by atoms with van der Waals surface area (Å²) in [7, 11) is 1.62. The smallest absolute Gasteiger partial charge is 0.242 e. The molecule has 0 aliphatic heterocycles. The number of hydrogen-bond donors (Lipinski definition) is 1. The van der Waals surface area contributed by atoms with Crippen molar-refractivity contribution in [3.63, 3.8) is 0 Å². The van der Waals surface area contributed by atoms with Crippen LogP contribution in [0, 0.1) is 0 Å². The first-order valence-corrected chi connectivity index (χ1v) is 11.1. The quantitative estimate of drug-likeness (QED) is 0.569. The Morgan fingerprint density at radius 2 is 1.74 bits per heavy atom. The van der Waals surface area contributed by atoms with Crippen LogP contribution in [0.2, 0.25) is 0 Å². The molecule has 0 saturated heterocycles. The third-order valence-electron chi connectivity index (χ3n) is 5.48. The average Bonchev–Trinajstić information content (AvgIpc) is 2.79. The summed E-state index contributed by atoms with van der Waals surface area (Å²) >= 11 is 0. The van der Waals surface area contributed by atoms with E-state index in [9.17, 15) is 9.59 Å². The third-order valence-corrected chi connectivity index (χ3v) is 5.48. The molecule has 5 heteroatoms. The maximum Gasteiger partial charge on any atom is 0.242 e. The number of carbonyl (C=O) groups is 2. The normalized spacial score (nSPS) is 11.8. The van der Waals surface area contributed by atoms with Crippen LogP contribution in [0.15, 0.2) is 48.5 Å². The van der Waals surface area contributed by atoms with Gasteiger partial charge in [-0.15, -0.1) is 0 Å². The van der Waals surface area contributed by atoms with Crippen molar-refractivity contribution in [2.75, 3.05) is 13.7 Å². The maximum absolute atomic E-state index is 13.2. The molecule has 0 fully saturated rings. The first kappa shape index (κ1) is 24.4. The van der Waals surface area contributed by atoms with E-state index in [1.165, 1.54) is 5.56 Å². The average molecular weight is 425 g/mol. The summed E-state index contributed by atoms with van der Waals surface area (Å²) in [5.41, 5.74) is 3.35. The summed E-state index contributed by atoms with van der Waals surface area (Å²) in [6, 6.07) is 15.5.